The Labute approximate surface area is 134 Å². The van der Waals surface area contributed by atoms with Crippen LogP contribution in [-0.4, -0.2) is 5.91 Å². The van der Waals surface area contributed by atoms with Gasteiger partial charge in [0.15, 0.2) is 0 Å². The second kappa shape index (κ2) is 5.36. The average molecular weight is 320 g/mol. The van der Waals surface area contributed by atoms with Crippen molar-refractivity contribution in [1.82, 2.24) is 0 Å². The fraction of sp³-hybridized carbons (Fsp3) is 0.235. The zero-order valence-electron chi connectivity index (χ0n) is 11.8. The third-order valence-electron chi connectivity index (χ3n) is 3.82. The standard InChI is InChI=1S/C17H15Cl2NO/c1-9-3-4-12(10(2)5-9)17(19)13-6-11-7-16(21)20-15(11)8-14(13)18/h3-6,8,17H,7H2,1-2H3,(H,20,21). The molecule has 0 bridgehead atoms. The van der Waals surface area contributed by atoms with Crippen molar-refractivity contribution in [1.29, 1.82) is 0 Å². The number of anilines is 1. The van der Waals surface area contributed by atoms with E-state index in [1.165, 1.54) is 5.56 Å². The van der Waals surface area contributed by atoms with Crippen LogP contribution in [0.1, 0.15) is 33.2 Å². The van der Waals surface area contributed by atoms with Gasteiger partial charge >= 0.3 is 0 Å². The fourth-order valence-electron chi connectivity index (χ4n) is 2.74. The van der Waals surface area contributed by atoms with Gasteiger partial charge in [0.25, 0.3) is 0 Å². The summed E-state index contributed by atoms with van der Waals surface area (Å²) in [6, 6.07) is 9.92. The van der Waals surface area contributed by atoms with Gasteiger partial charge in [0.2, 0.25) is 5.91 Å². The summed E-state index contributed by atoms with van der Waals surface area (Å²) in [5, 5.41) is 3.06. The van der Waals surface area contributed by atoms with E-state index >= 15 is 0 Å². The van der Waals surface area contributed by atoms with Crippen LogP contribution in [0.25, 0.3) is 0 Å². The van der Waals surface area contributed by atoms with Gasteiger partial charge in [-0.2, -0.15) is 0 Å². The third kappa shape index (κ3) is 2.66. The van der Waals surface area contributed by atoms with Gasteiger partial charge in [-0.25, -0.2) is 0 Å². The van der Waals surface area contributed by atoms with Crippen molar-refractivity contribution in [2.75, 3.05) is 5.32 Å². The van der Waals surface area contributed by atoms with Crippen molar-refractivity contribution >= 4 is 34.8 Å². The predicted molar refractivity (Wildman–Crippen MR) is 87.4 cm³/mol. The Morgan fingerprint density at radius 1 is 1.14 bits per heavy atom. The van der Waals surface area contributed by atoms with Gasteiger partial charge in [0.1, 0.15) is 0 Å². The van der Waals surface area contributed by atoms with Crippen LogP contribution in [0.5, 0.6) is 0 Å². The molecule has 21 heavy (non-hydrogen) atoms. The summed E-state index contributed by atoms with van der Waals surface area (Å²) >= 11 is 13.0. The van der Waals surface area contributed by atoms with Crippen molar-refractivity contribution in [3.63, 3.8) is 0 Å². The van der Waals surface area contributed by atoms with Crippen molar-refractivity contribution in [2.24, 2.45) is 0 Å². The third-order valence-corrected chi connectivity index (χ3v) is 4.62. The molecule has 0 radical (unpaired) electrons. The zero-order chi connectivity index (χ0) is 15.1. The van der Waals surface area contributed by atoms with Crippen LogP contribution in [0.15, 0.2) is 30.3 Å². The van der Waals surface area contributed by atoms with E-state index in [1.54, 1.807) is 6.07 Å². The molecule has 1 aliphatic rings. The number of carbonyl (C=O) groups excluding carboxylic acids is 1. The second-order valence-electron chi connectivity index (χ2n) is 5.48. The lowest BCUT2D eigenvalue weighted by Gasteiger charge is -2.16. The topological polar surface area (TPSA) is 29.1 Å². The van der Waals surface area contributed by atoms with E-state index < -0.39 is 0 Å². The highest BCUT2D eigenvalue weighted by Gasteiger charge is 2.23. The van der Waals surface area contributed by atoms with E-state index in [1.807, 2.05) is 25.1 Å². The number of hydrogen-bond donors (Lipinski definition) is 1. The maximum Gasteiger partial charge on any atom is 0.228 e. The average Bonchev–Trinajstić information content (AvgIpc) is 2.76. The predicted octanol–water partition coefficient (Wildman–Crippen LogP) is 4.78. The summed E-state index contributed by atoms with van der Waals surface area (Å²) < 4.78 is 0. The molecule has 1 heterocycles. The SMILES string of the molecule is Cc1ccc(C(Cl)c2cc3c(cc2Cl)NC(=O)C3)c(C)c1. The molecule has 2 aromatic carbocycles. The maximum atomic E-state index is 11.5. The minimum Gasteiger partial charge on any atom is -0.325 e. The van der Waals surface area contributed by atoms with Crippen molar-refractivity contribution < 1.29 is 4.79 Å². The van der Waals surface area contributed by atoms with E-state index in [4.69, 9.17) is 23.2 Å². The van der Waals surface area contributed by atoms with Crippen LogP contribution >= 0.6 is 23.2 Å². The number of hydrogen-bond acceptors (Lipinski definition) is 1. The molecule has 0 aromatic heterocycles. The van der Waals surface area contributed by atoms with E-state index in [0.29, 0.717) is 11.4 Å². The summed E-state index contributed by atoms with van der Waals surface area (Å²) in [5.74, 6) is -0.00384. The summed E-state index contributed by atoms with van der Waals surface area (Å²) in [5.41, 5.74) is 5.98. The number of fused-ring (bicyclic) bond motifs is 1. The molecule has 1 aliphatic heterocycles. The number of rotatable bonds is 2. The van der Waals surface area contributed by atoms with E-state index in [9.17, 15) is 4.79 Å². The molecule has 3 rings (SSSR count). The molecule has 0 fully saturated rings. The second-order valence-corrected chi connectivity index (χ2v) is 6.32. The molecule has 1 atom stereocenters. The summed E-state index contributed by atoms with van der Waals surface area (Å²) in [4.78, 5) is 11.5. The number of halogens is 2. The number of carbonyl (C=O) groups is 1. The Bertz CT molecular complexity index is 740. The Hall–Kier alpha value is -1.51. The number of aryl methyl sites for hydroxylation is 2. The lowest BCUT2D eigenvalue weighted by atomic mass is 9.96. The molecule has 1 unspecified atom stereocenters. The molecular weight excluding hydrogens is 305 g/mol. The molecule has 2 aromatic rings. The largest absolute Gasteiger partial charge is 0.325 e. The van der Waals surface area contributed by atoms with Gasteiger partial charge in [0.05, 0.1) is 11.8 Å². The zero-order valence-corrected chi connectivity index (χ0v) is 13.3. The Morgan fingerprint density at radius 3 is 2.62 bits per heavy atom. The molecule has 108 valence electrons. The summed E-state index contributed by atoms with van der Waals surface area (Å²) in [6.07, 6.45) is 0.385. The number of alkyl halides is 1. The van der Waals surface area contributed by atoms with Gasteiger partial charge in [0, 0.05) is 10.7 Å². The number of benzene rings is 2. The fourth-order valence-corrected chi connectivity index (χ4v) is 3.49. The number of nitrogens with one attached hydrogen (secondary N) is 1. The van der Waals surface area contributed by atoms with E-state index in [2.05, 4.69) is 18.3 Å². The maximum absolute atomic E-state index is 11.5. The first-order valence-electron chi connectivity index (χ1n) is 6.79. The van der Waals surface area contributed by atoms with Crippen LogP contribution in [0.3, 0.4) is 0 Å². The minimum atomic E-state index is -0.320. The van der Waals surface area contributed by atoms with Gasteiger partial charge in [-0.05, 0) is 48.2 Å². The first kappa shape index (κ1) is 14.4. The van der Waals surface area contributed by atoms with E-state index in [-0.39, 0.29) is 11.3 Å². The van der Waals surface area contributed by atoms with Gasteiger partial charge in [-0.15, -0.1) is 11.6 Å². The lowest BCUT2D eigenvalue weighted by molar-refractivity contribution is -0.115. The molecule has 0 spiro atoms. The highest BCUT2D eigenvalue weighted by molar-refractivity contribution is 6.33. The van der Waals surface area contributed by atoms with Gasteiger partial charge in [-0.3, -0.25) is 4.79 Å². The van der Waals surface area contributed by atoms with Crippen LogP contribution in [0, 0.1) is 13.8 Å². The molecule has 4 heteroatoms. The highest BCUT2D eigenvalue weighted by Crippen LogP contribution is 2.39. The van der Waals surface area contributed by atoms with Gasteiger partial charge in [-0.1, -0.05) is 35.4 Å². The molecule has 0 aliphatic carbocycles. The normalized spacial score (nSPS) is 14.8. The van der Waals surface area contributed by atoms with Crippen LogP contribution in [0.4, 0.5) is 5.69 Å². The summed E-state index contributed by atoms with van der Waals surface area (Å²) in [6.45, 7) is 4.10. The summed E-state index contributed by atoms with van der Waals surface area (Å²) in [7, 11) is 0. The molecule has 1 N–H and O–H groups in total. The Morgan fingerprint density at radius 2 is 1.90 bits per heavy atom. The Kier molecular flexibility index (Phi) is 3.68. The van der Waals surface area contributed by atoms with Crippen molar-refractivity contribution in [3.05, 3.63) is 63.2 Å². The smallest absolute Gasteiger partial charge is 0.228 e. The molecule has 2 nitrogen and oxygen atoms in total. The van der Waals surface area contributed by atoms with E-state index in [0.717, 1.165) is 27.9 Å². The van der Waals surface area contributed by atoms with Gasteiger partial charge < -0.3 is 5.32 Å². The highest BCUT2D eigenvalue weighted by atomic mass is 35.5. The minimum absolute atomic E-state index is 0.00384. The van der Waals surface area contributed by atoms with Crippen molar-refractivity contribution in [3.8, 4) is 0 Å². The molecule has 0 saturated heterocycles. The quantitative estimate of drug-likeness (QED) is 0.793. The monoisotopic (exact) mass is 319 g/mol. The molecule has 0 saturated carbocycles. The first-order chi connectivity index (χ1) is 9.95. The number of amides is 1. The van der Waals surface area contributed by atoms with Crippen molar-refractivity contribution in [2.45, 2.75) is 25.6 Å². The lowest BCUT2D eigenvalue weighted by Crippen LogP contribution is -2.03. The van der Waals surface area contributed by atoms with Crippen LogP contribution in [-0.2, 0) is 11.2 Å². The molecular formula is C17H15Cl2NO. The Balaban J connectivity index is 2.04. The molecule has 1 amide bonds. The van der Waals surface area contributed by atoms with Crippen LogP contribution in [0.2, 0.25) is 5.02 Å². The first-order valence-corrected chi connectivity index (χ1v) is 7.60. The van der Waals surface area contributed by atoms with Crippen LogP contribution < -0.4 is 5.32 Å².